The van der Waals surface area contributed by atoms with Gasteiger partial charge in [-0.2, -0.15) is 0 Å². The van der Waals surface area contributed by atoms with E-state index in [1.165, 1.54) is 18.9 Å². The van der Waals surface area contributed by atoms with E-state index in [0.29, 0.717) is 11.5 Å². The molecule has 2 N–H and O–H groups in total. The van der Waals surface area contributed by atoms with Gasteiger partial charge >= 0.3 is 6.03 Å². The second-order valence-electron chi connectivity index (χ2n) is 4.10. The van der Waals surface area contributed by atoms with Gasteiger partial charge in [-0.15, -0.1) is 0 Å². The molecule has 0 bridgehead atoms. The molecule has 4 heteroatoms. The number of rotatable bonds is 4. The van der Waals surface area contributed by atoms with Gasteiger partial charge in [0.2, 0.25) is 0 Å². The summed E-state index contributed by atoms with van der Waals surface area (Å²) in [4.78, 5) is 11.3. The van der Waals surface area contributed by atoms with Crippen molar-refractivity contribution in [2.45, 2.75) is 19.4 Å². The minimum absolute atomic E-state index is 0.225. The van der Waals surface area contributed by atoms with E-state index in [0.717, 1.165) is 6.54 Å². The number of hydrogen-bond donors (Lipinski definition) is 2. The first-order chi connectivity index (χ1) is 7.75. The summed E-state index contributed by atoms with van der Waals surface area (Å²) in [5.41, 5.74) is 0.504. The summed E-state index contributed by atoms with van der Waals surface area (Å²) in [7, 11) is 0. The highest BCUT2D eigenvalue weighted by molar-refractivity contribution is 5.73. The Kier molecular flexibility index (Phi) is 3.39. The second-order valence-corrected chi connectivity index (χ2v) is 4.10. The van der Waals surface area contributed by atoms with E-state index in [4.69, 9.17) is 0 Å². The fraction of sp³-hybridized carbons (Fsp3) is 0.417. The molecule has 1 saturated carbocycles. The predicted octanol–water partition coefficient (Wildman–Crippen LogP) is 2.03. The molecule has 16 heavy (non-hydrogen) atoms. The van der Waals surface area contributed by atoms with Gasteiger partial charge in [0.1, 0.15) is 5.82 Å². The van der Waals surface area contributed by atoms with Crippen LogP contribution in [-0.2, 0) is 6.54 Å². The standard InChI is InChI=1S/C12H15FN2O/c13-11-4-2-1-3-10(11)8-15-12(16)14-7-9-5-6-9/h1-4,9H,5-8H2,(H2,14,15,16). The number of amides is 2. The zero-order valence-corrected chi connectivity index (χ0v) is 9.00. The quantitative estimate of drug-likeness (QED) is 0.804. The largest absolute Gasteiger partial charge is 0.338 e. The molecule has 1 aliphatic rings. The molecule has 1 aliphatic carbocycles. The number of nitrogens with one attached hydrogen (secondary N) is 2. The lowest BCUT2D eigenvalue weighted by Gasteiger charge is -2.07. The van der Waals surface area contributed by atoms with E-state index < -0.39 is 0 Å². The number of urea groups is 1. The van der Waals surface area contributed by atoms with Crippen LogP contribution in [0, 0.1) is 11.7 Å². The summed E-state index contributed by atoms with van der Waals surface area (Å²) in [5.74, 6) is 0.365. The van der Waals surface area contributed by atoms with Crippen molar-refractivity contribution in [3.05, 3.63) is 35.6 Å². The average Bonchev–Trinajstić information content (AvgIpc) is 3.09. The maximum absolute atomic E-state index is 13.2. The van der Waals surface area contributed by atoms with Crippen LogP contribution in [0.1, 0.15) is 18.4 Å². The Morgan fingerprint density at radius 1 is 1.31 bits per heavy atom. The van der Waals surface area contributed by atoms with Gasteiger partial charge in [0, 0.05) is 18.7 Å². The molecular formula is C12H15FN2O. The Hall–Kier alpha value is -1.58. The van der Waals surface area contributed by atoms with Gasteiger partial charge in [-0.3, -0.25) is 0 Å². The zero-order valence-electron chi connectivity index (χ0n) is 9.00. The van der Waals surface area contributed by atoms with Crippen molar-refractivity contribution in [1.29, 1.82) is 0 Å². The number of carbonyl (C=O) groups is 1. The van der Waals surface area contributed by atoms with Crippen molar-refractivity contribution >= 4 is 6.03 Å². The lowest BCUT2D eigenvalue weighted by Crippen LogP contribution is -2.36. The monoisotopic (exact) mass is 222 g/mol. The maximum atomic E-state index is 13.2. The van der Waals surface area contributed by atoms with Gasteiger partial charge in [-0.25, -0.2) is 9.18 Å². The van der Waals surface area contributed by atoms with Crippen LogP contribution in [0.15, 0.2) is 24.3 Å². The number of halogens is 1. The van der Waals surface area contributed by atoms with Crippen molar-refractivity contribution in [3.63, 3.8) is 0 Å². The van der Waals surface area contributed by atoms with E-state index in [2.05, 4.69) is 10.6 Å². The molecular weight excluding hydrogens is 207 g/mol. The molecule has 0 aliphatic heterocycles. The molecule has 0 aromatic heterocycles. The topological polar surface area (TPSA) is 41.1 Å². The Balaban J connectivity index is 1.73. The van der Waals surface area contributed by atoms with E-state index in [1.54, 1.807) is 18.2 Å². The van der Waals surface area contributed by atoms with Crippen molar-refractivity contribution in [2.24, 2.45) is 5.92 Å². The number of carbonyl (C=O) groups excluding carboxylic acids is 1. The highest BCUT2D eigenvalue weighted by atomic mass is 19.1. The molecule has 0 unspecified atom stereocenters. The second kappa shape index (κ2) is 4.96. The van der Waals surface area contributed by atoms with Gasteiger partial charge in [-0.1, -0.05) is 18.2 Å². The van der Waals surface area contributed by atoms with Gasteiger partial charge < -0.3 is 10.6 Å². The molecule has 1 aromatic carbocycles. The first-order valence-electron chi connectivity index (χ1n) is 5.51. The van der Waals surface area contributed by atoms with Crippen molar-refractivity contribution < 1.29 is 9.18 Å². The van der Waals surface area contributed by atoms with Gasteiger partial charge in [0.25, 0.3) is 0 Å². The predicted molar refractivity (Wildman–Crippen MR) is 59.4 cm³/mol. The molecule has 0 atom stereocenters. The molecule has 1 aromatic rings. The van der Waals surface area contributed by atoms with E-state index in [1.807, 2.05) is 0 Å². The van der Waals surface area contributed by atoms with Gasteiger partial charge in [0.15, 0.2) is 0 Å². The lowest BCUT2D eigenvalue weighted by atomic mass is 10.2. The highest BCUT2D eigenvalue weighted by Crippen LogP contribution is 2.27. The van der Waals surface area contributed by atoms with Crippen LogP contribution in [-0.4, -0.2) is 12.6 Å². The average molecular weight is 222 g/mol. The zero-order chi connectivity index (χ0) is 11.4. The molecule has 0 radical (unpaired) electrons. The lowest BCUT2D eigenvalue weighted by molar-refractivity contribution is 0.240. The minimum atomic E-state index is -0.287. The molecule has 0 spiro atoms. The molecule has 2 rings (SSSR count). The van der Waals surface area contributed by atoms with Crippen molar-refractivity contribution in [3.8, 4) is 0 Å². The van der Waals surface area contributed by atoms with Crippen molar-refractivity contribution in [2.75, 3.05) is 6.54 Å². The Bertz CT molecular complexity index is 377. The van der Waals surface area contributed by atoms with E-state index >= 15 is 0 Å². The van der Waals surface area contributed by atoms with Crippen LogP contribution in [0.4, 0.5) is 9.18 Å². The normalized spacial score (nSPS) is 14.6. The summed E-state index contributed by atoms with van der Waals surface area (Å²) in [6.07, 6.45) is 2.40. The van der Waals surface area contributed by atoms with Crippen LogP contribution in [0.2, 0.25) is 0 Å². The summed E-state index contributed by atoms with van der Waals surface area (Å²) in [5, 5.41) is 5.39. The Labute approximate surface area is 94.0 Å². The first kappa shape index (κ1) is 10.9. The minimum Gasteiger partial charge on any atom is -0.338 e. The smallest absolute Gasteiger partial charge is 0.315 e. The van der Waals surface area contributed by atoms with Gasteiger partial charge in [-0.05, 0) is 24.8 Å². The van der Waals surface area contributed by atoms with Gasteiger partial charge in [0.05, 0.1) is 0 Å². The fourth-order valence-corrected chi connectivity index (χ4v) is 1.44. The summed E-state index contributed by atoms with van der Waals surface area (Å²) < 4.78 is 13.2. The molecule has 3 nitrogen and oxygen atoms in total. The SMILES string of the molecule is O=C(NCc1ccccc1F)NCC1CC1. The van der Waals surface area contributed by atoms with Crippen molar-refractivity contribution in [1.82, 2.24) is 10.6 Å². The summed E-state index contributed by atoms with van der Waals surface area (Å²) in [6.45, 7) is 0.951. The molecule has 1 fully saturated rings. The number of hydrogen-bond acceptors (Lipinski definition) is 1. The number of benzene rings is 1. The van der Waals surface area contributed by atoms with Crippen LogP contribution in [0.5, 0.6) is 0 Å². The third-order valence-electron chi connectivity index (χ3n) is 2.65. The molecule has 0 saturated heterocycles. The Morgan fingerprint density at radius 2 is 2.06 bits per heavy atom. The first-order valence-corrected chi connectivity index (χ1v) is 5.51. The summed E-state index contributed by atoms with van der Waals surface area (Å²) in [6, 6.07) is 6.21. The van der Waals surface area contributed by atoms with Crippen LogP contribution in [0.25, 0.3) is 0 Å². The molecule has 2 amide bonds. The third kappa shape index (κ3) is 3.22. The Morgan fingerprint density at radius 3 is 2.75 bits per heavy atom. The highest BCUT2D eigenvalue weighted by Gasteiger charge is 2.21. The fourth-order valence-electron chi connectivity index (χ4n) is 1.44. The molecule has 0 heterocycles. The van der Waals surface area contributed by atoms with Crippen LogP contribution >= 0.6 is 0 Å². The van der Waals surface area contributed by atoms with Crippen LogP contribution in [0.3, 0.4) is 0 Å². The summed E-state index contributed by atoms with van der Waals surface area (Å²) >= 11 is 0. The van der Waals surface area contributed by atoms with Crippen LogP contribution < -0.4 is 10.6 Å². The van der Waals surface area contributed by atoms with E-state index in [-0.39, 0.29) is 18.4 Å². The third-order valence-corrected chi connectivity index (χ3v) is 2.65. The maximum Gasteiger partial charge on any atom is 0.315 e. The molecule has 86 valence electrons. The van der Waals surface area contributed by atoms with E-state index in [9.17, 15) is 9.18 Å².